The summed E-state index contributed by atoms with van der Waals surface area (Å²) in [5, 5.41) is 0. The molecule has 0 radical (unpaired) electrons. The third-order valence-corrected chi connectivity index (χ3v) is 4.73. The van der Waals surface area contributed by atoms with Crippen molar-refractivity contribution in [2.24, 2.45) is 5.90 Å². The molecule has 2 atom stereocenters. The van der Waals surface area contributed by atoms with Gasteiger partial charge in [-0.25, -0.2) is 0 Å². The van der Waals surface area contributed by atoms with Crippen molar-refractivity contribution in [1.29, 1.82) is 0 Å². The Morgan fingerprint density at radius 3 is 1.75 bits per heavy atom. The van der Waals surface area contributed by atoms with E-state index < -0.39 is 0 Å². The van der Waals surface area contributed by atoms with Crippen molar-refractivity contribution in [3.05, 3.63) is 101 Å². The van der Waals surface area contributed by atoms with Gasteiger partial charge in [0.05, 0.1) is 0 Å². The van der Waals surface area contributed by atoms with Crippen LogP contribution in [-0.4, -0.2) is 0 Å². The minimum Gasteiger partial charge on any atom is -0.411 e. The highest BCUT2D eigenvalue weighted by Crippen LogP contribution is 2.39. The van der Waals surface area contributed by atoms with Crippen LogP contribution in [-0.2, 0) is 0 Å². The average Bonchev–Trinajstić information content (AvgIpc) is 2.67. The summed E-state index contributed by atoms with van der Waals surface area (Å²) >= 11 is 0. The van der Waals surface area contributed by atoms with E-state index in [1.807, 2.05) is 24.3 Å². The number of benzene rings is 3. The molecule has 3 aromatic rings. The topological polar surface area (TPSA) is 35.2 Å². The number of hydrogen-bond acceptors (Lipinski definition) is 2. The molecule has 2 unspecified atom stereocenters. The van der Waals surface area contributed by atoms with Crippen LogP contribution in [0.4, 0.5) is 0 Å². The molecule has 0 spiro atoms. The average molecular weight is 317 g/mol. The van der Waals surface area contributed by atoms with Gasteiger partial charge in [0.25, 0.3) is 0 Å². The minimum atomic E-state index is 0.201. The van der Waals surface area contributed by atoms with Crippen molar-refractivity contribution in [2.75, 3.05) is 0 Å². The van der Waals surface area contributed by atoms with Gasteiger partial charge in [0.1, 0.15) is 0 Å². The van der Waals surface area contributed by atoms with Crippen molar-refractivity contribution >= 4 is 0 Å². The van der Waals surface area contributed by atoms with Gasteiger partial charge >= 0.3 is 0 Å². The Kier molecular flexibility index (Phi) is 4.97. The van der Waals surface area contributed by atoms with Gasteiger partial charge in [-0.15, -0.1) is 0 Å². The fourth-order valence-corrected chi connectivity index (χ4v) is 3.33. The van der Waals surface area contributed by atoms with E-state index in [2.05, 4.69) is 68.4 Å². The molecule has 0 aliphatic rings. The highest BCUT2D eigenvalue weighted by atomic mass is 16.6. The third kappa shape index (κ3) is 3.19. The van der Waals surface area contributed by atoms with Crippen LogP contribution in [0, 0.1) is 0 Å². The molecular weight excluding hydrogens is 294 g/mol. The van der Waals surface area contributed by atoms with Crippen molar-refractivity contribution in [2.45, 2.75) is 25.7 Å². The molecule has 122 valence electrons. The van der Waals surface area contributed by atoms with Gasteiger partial charge in [0, 0.05) is 17.4 Å². The normalized spacial score (nSPS) is 13.3. The van der Waals surface area contributed by atoms with E-state index in [4.69, 9.17) is 10.7 Å². The molecule has 2 nitrogen and oxygen atoms in total. The molecule has 0 aliphatic carbocycles. The number of hydrogen-bond donors (Lipinski definition) is 1. The van der Waals surface area contributed by atoms with E-state index in [0.29, 0.717) is 0 Å². The first-order chi connectivity index (χ1) is 11.7. The zero-order valence-corrected chi connectivity index (χ0v) is 14.1. The molecule has 3 aromatic carbocycles. The van der Waals surface area contributed by atoms with Gasteiger partial charge in [-0.3, -0.25) is 0 Å². The molecule has 0 aliphatic heterocycles. The lowest BCUT2D eigenvalue weighted by molar-refractivity contribution is 0.329. The molecule has 0 amide bonds. The van der Waals surface area contributed by atoms with Gasteiger partial charge in [-0.2, -0.15) is 5.90 Å². The Hall–Kier alpha value is -2.58. The van der Waals surface area contributed by atoms with E-state index in [1.165, 1.54) is 16.7 Å². The maximum Gasteiger partial charge on any atom is 0.150 e. The second-order valence-electron chi connectivity index (χ2n) is 6.14. The second-order valence-corrected chi connectivity index (χ2v) is 6.14. The Morgan fingerprint density at radius 2 is 1.21 bits per heavy atom. The zero-order chi connectivity index (χ0) is 16.9. The van der Waals surface area contributed by atoms with Crippen molar-refractivity contribution in [3.8, 4) is 5.75 Å². The lowest BCUT2D eigenvalue weighted by atomic mass is 9.82. The van der Waals surface area contributed by atoms with E-state index in [-0.39, 0.29) is 11.8 Å². The molecule has 24 heavy (non-hydrogen) atoms. The van der Waals surface area contributed by atoms with Crippen LogP contribution in [0.1, 0.15) is 47.9 Å². The highest BCUT2D eigenvalue weighted by Gasteiger charge is 2.21. The summed E-state index contributed by atoms with van der Waals surface area (Å²) in [7, 11) is 0. The monoisotopic (exact) mass is 317 g/mol. The smallest absolute Gasteiger partial charge is 0.150 e. The first-order valence-electron chi connectivity index (χ1n) is 8.31. The minimum absolute atomic E-state index is 0.201. The van der Waals surface area contributed by atoms with Gasteiger partial charge in [-0.1, -0.05) is 86.6 Å². The molecule has 0 fully saturated rings. The summed E-state index contributed by atoms with van der Waals surface area (Å²) in [5.41, 5.74) is 4.94. The summed E-state index contributed by atoms with van der Waals surface area (Å²) in [6.07, 6.45) is 0. The summed E-state index contributed by atoms with van der Waals surface area (Å²) in [5.74, 6) is 6.78. The molecule has 2 heteroatoms. The van der Waals surface area contributed by atoms with Crippen LogP contribution < -0.4 is 10.7 Å². The second kappa shape index (κ2) is 7.33. The Morgan fingerprint density at radius 1 is 0.667 bits per heavy atom. The van der Waals surface area contributed by atoms with Gasteiger partial charge in [0.2, 0.25) is 0 Å². The van der Waals surface area contributed by atoms with Crippen LogP contribution in [0.3, 0.4) is 0 Å². The quantitative estimate of drug-likeness (QED) is 0.653. The molecule has 0 aromatic heterocycles. The van der Waals surface area contributed by atoms with Crippen molar-refractivity contribution < 1.29 is 4.84 Å². The van der Waals surface area contributed by atoms with Crippen molar-refractivity contribution in [1.82, 2.24) is 0 Å². The fourth-order valence-electron chi connectivity index (χ4n) is 3.33. The van der Waals surface area contributed by atoms with Crippen LogP contribution in [0.25, 0.3) is 0 Å². The van der Waals surface area contributed by atoms with E-state index in [9.17, 15) is 0 Å². The Bertz CT molecular complexity index is 784. The van der Waals surface area contributed by atoms with Crippen molar-refractivity contribution in [3.63, 3.8) is 0 Å². The third-order valence-electron chi connectivity index (χ3n) is 4.73. The molecule has 0 saturated heterocycles. The first kappa shape index (κ1) is 16.3. The molecule has 3 rings (SSSR count). The highest BCUT2D eigenvalue weighted by molar-refractivity contribution is 5.50. The van der Waals surface area contributed by atoms with E-state index >= 15 is 0 Å². The van der Waals surface area contributed by atoms with E-state index in [0.717, 1.165) is 11.3 Å². The first-order valence-corrected chi connectivity index (χ1v) is 8.31. The summed E-state index contributed by atoms with van der Waals surface area (Å²) in [6, 6.07) is 27.1. The summed E-state index contributed by atoms with van der Waals surface area (Å²) in [6.45, 7) is 4.43. The number of rotatable bonds is 5. The Labute approximate surface area is 143 Å². The zero-order valence-electron chi connectivity index (χ0n) is 14.1. The predicted octanol–water partition coefficient (Wildman–Crippen LogP) is 5.24. The van der Waals surface area contributed by atoms with Crippen LogP contribution in [0.2, 0.25) is 0 Å². The Balaban J connectivity index is 2.10. The predicted molar refractivity (Wildman–Crippen MR) is 99.2 cm³/mol. The molecule has 2 N–H and O–H groups in total. The SMILES string of the molecule is CC(c1ccccc1)c1cccc(ON)c1C(C)c1ccccc1. The molecule has 0 heterocycles. The maximum absolute atomic E-state index is 5.57. The number of nitrogens with two attached hydrogens (primary N) is 1. The standard InChI is InChI=1S/C22H23NO/c1-16(18-10-5-3-6-11-18)20-14-9-15-21(24-23)22(20)17(2)19-12-7-4-8-13-19/h3-17H,23H2,1-2H3. The van der Waals surface area contributed by atoms with Crippen LogP contribution in [0.15, 0.2) is 78.9 Å². The van der Waals surface area contributed by atoms with E-state index in [1.54, 1.807) is 0 Å². The fraction of sp³-hybridized carbons (Fsp3) is 0.182. The molecule has 0 bridgehead atoms. The molecular formula is C22H23NO. The largest absolute Gasteiger partial charge is 0.411 e. The van der Waals surface area contributed by atoms with Crippen LogP contribution >= 0.6 is 0 Å². The van der Waals surface area contributed by atoms with Gasteiger partial charge in [0.15, 0.2) is 5.75 Å². The lowest BCUT2D eigenvalue weighted by Crippen LogP contribution is -2.11. The van der Waals surface area contributed by atoms with Gasteiger partial charge < -0.3 is 4.84 Å². The summed E-state index contributed by atoms with van der Waals surface area (Å²) < 4.78 is 0. The van der Waals surface area contributed by atoms with Crippen LogP contribution in [0.5, 0.6) is 5.75 Å². The summed E-state index contributed by atoms with van der Waals surface area (Å²) in [4.78, 5) is 5.21. The lowest BCUT2D eigenvalue weighted by Gasteiger charge is -2.23. The maximum atomic E-state index is 5.57. The molecule has 0 saturated carbocycles. The van der Waals surface area contributed by atoms with Gasteiger partial charge in [-0.05, 0) is 22.8 Å².